The lowest BCUT2D eigenvalue weighted by Crippen LogP contribution is -2.14. The fourth-order valence-corrected chi connectivity index (χ4v) is 4.07. The molecule has 1 aromatic heterocycles. The lowest BCUT2D eigenvalue weighted by molar-refractivity contribution is 0.480. The van der Waals surface area contributed by atoms with Gasteiger partial charge in [0.05, 0.1) is 5.52 Å². The highest BCUT2D eigenvalue weighted by Crippen LogP contribution is 2.59. The van der Waals surface area contributed by atoms with Crippen LogP contribution >= 0.6 is 0 Å². The number of rotatable bonds is 2. The second-order valence-corrected chi connectivity index (χ2v) is 6.18. The molecular formula is C17H20N2. The van der Waals surface area contributed by atoms with E-state index < -0.39 is 0 Å². The SMILES string of the molecule is NC(c1cnc2ccccc2c1)C1C2CCCCC21. The first kappa shape index (κ1) is 11.4. The van der Waals surface area contributed by atoms with E-state index in [0.29, 0.717) is 5.92 Å². The van der Waals surface area contributed by atoms with Crippen LogP contribution in [0.25, 0.3) is 10.9 Å². The molecule has 0 amide bonds. The van der Waals surface area contributed by atoms with Gasteiger partial charge in [-0.2, -0.15) is 0 Å². The fraction of sp³-hybridized carbons (Fsp3) is 0.471. The van der Waals surface area contributed by atoms with Crippen molar-refractivity contribution in [1.29, 1.82) is 0 Å². The van der Waals surface area contributed by atoms with Crippen LogP contribution in [0, 0.1) is 17.8 Å². The summed E-state index contributed by atoms with van der Waals surface area (Å²) in [4.78, 5) is 4.55. The van der Waals surface area contributed by atoms with Crippen molar-refractivity contribution >= 4 is 10.9 Å². The van der Waals surface area contributed by atoms with Crippen LogP contribution in [0.1, 0.15) is 37.3 Å². The maximum atomic E-state index is 6.51. The predicted octanol–water partition coefficient (Wildman–Crippen LogP) is 3.67. The molecule has 2 saturated carbocycles. The minimum atomic E-state index is 0.185. The minimum absolute atomic E-state index is 0.185. The Morgan fingerprint density at radius 3 is 2.63 bits per heavy atom. The first-order valence-corrected chi connectivity index (χ1v) is 7.45. The molecule has 2 heteroatoms. The van der Waals surface area contributed by atoms with E-state index in [0.717, 1.165) is 17.4 Å². The Hall–Kier alpha value is -1.41. The smallest absolute Gasteiger partial charge is 0.0702 e. The van der Waals surface area contributed by atoms with Gasteiger partial charge in [-0.15, -0.1) is 0 Å². The Morgan fingerprint density at radius 2 is 1.84 bits per heavy atom. The third-order valence-corrected chi connectivity index (χ3v) is 5.13. The molecule has 2 nitrogen and oxygen atoms in total. The van der Waals surface area contributed by atoms with E-state index >= 15 is 0 Å². The highest BCUT2D eigenvalue weighted by atomic mass is 14.8. The number of nitrogens with two attached hydrogens (primary N) is 1. The average Bonchev–Trinajstić information content (AvgIpc) is 3.20. The molecule has 0 saturated heterocycles. The summed E-state index contributed by atoms with van der Waals surface area (Å²) in [6.45, 7) is 0. The Bertz CT molecular complexity index is 595. The van der Waals surface area contributed by atoms with Crippen molar-refractivity contribution in [3.05, 3.63) is 42.1 Å². The van der Waals surface area contributed by atoms with Gasteiger partial charge in [0.2, 0.25) is 0 Å². The molecule has 1 aromatic carbocycles. The van der Waals surface area contributed by atoms with Gasteiger partial charge in [0.25, 0.3) is 0 Å². The number of benzene rings is 1. The number of aromatic nitrogens is 1. The van der Waals surface area contributed by atoms with Gasteiger partial charge in [-0.25, -0.2) is 0 Å². The molecule has 2 aromatic rings. The van der Waals surface area contributed by atoms with E-state index in [9.17, 15) is 0 Å². The third-order valence-electron chi connectivity index (χ3n) is 5.13. The van der Waals surface area contributed by atoms with E-state index in [4.69, 9.17) is 5.73 Å². The van der Waals surface area contributed by atoms with E-state index in [2.05, 4.69) is 29.2 Å². The molecule has 0 bridgehead atoms. The van der Waals surface area contributed by atoms with E-state index in [1.54, 1.807) is 0 Å². The van der Waals surface area contributed by atoms with Gasteiger partial charge in [0, 0.05) is 17.6 Å². The molecule has 98 valence electrons. The van der Waals surface area contributed by atoms with Crippen molar-refractivity contribution in [3.63, 3.8) is 0 Å². The number of hydrogen-bond donors (Lipinski definition) is 1. The molecule has 3 unspecified atom stereocenters. The Labute approximate surface area is 114 Å². The monoisotopic (exact) mass is 252 g/mol. The minimum Gasteiger partial charge on any atom is -0.324 e. The van der Waals surface area contributed by atoms with Crippen molar-refractivity contribution in [2.75, 3.05) is 0 Å². The van der Waals surface area contributed by atoms with Crippen LogP contribution in [0.4, 0.5) is 0 Å². The number of hydrogen-bond acceptors (Lipinski definition) is 2. The van der Waals surface area contributed by atoms with Crippen molar-refractivity contribution in [2.45, 2.75) is 31.7 Å². The van der Waals surface area contributed by atoms with E-state index in [1.807, 2.05) is 12.3 Å². The van der Waals surface area contributed by atoms with Gasteiger partial charge < -0.3 is 5.73 Å². The van der Waals surface area contributed by atoms with Gasteiger partial charge in [-0.3, -0.25) is 4.98 Å². The van der Waals surface area contributed by atoms with Crippen molar-refractivity contribution in [2.24, 2.45) is 23.5 Å². The Balaban J connectivity index is 1.63. The van der Waals surface area contributed by atoms with E-state index in [1.165, 1.54) is 36.6 Å². The Morgan fingerprint density at radius 1 is 1.11 bits per heavy atom. The molecule has 3 atom stereocenters. The molecule has 4 rings (SSSR count). The third kappa shape index (κ3) is 1.86. The summed E-state index contributed by atoms with van der Waals surface area (Å²) in [6, 6.07) is 10.7. The van der Waals surface area contributed by atoms with Crippen LogP contribution in [0.3, 0.4) is 0 Å². The first-order valence-electron chi connectivity index (χ1n) is 7.45. The summed E-state index contributed by atoms with van der Waals surface area (Å²) in [5.41, 5.74) is 8.79. The van der Waals surface area contributed by atoms with E-state index in [-0.39, 0.29) is 6.04 Å². The van der Waals surface area contributed by atoms with Crippen molar-refractivity contribution in [1.82, 2.24) is 4.98 Å². The number of fused-ring (bicyclic) bond motifs is 2. The van der Waals surface area contributed by atoms with Crippen LogP contribution in [0.5, 0.6) is 0 Å². The van der Waals surface area contributed by atoms with Crippen LogP contribution in [0.2, 0.25) is 0 Å². The van der Waals surface area contributed by atoms with Gasteiger partial charge in [-0.1, -0.05) is 31.0 Å². The second kappa shape index (κ2) is 4.31. The molecular weight excluding hydrogens is 232 g/mol. The second-order valence-electron chi connectivity index (χ2n) is 6.18. The van der Waals surface area contributed by atoms with Crippen molar-refractivity contribution in [3.8, 4) is 0 Å². The van der Waals surface area contributed by atoms with Crippen LogP contribution in [0.15, 0.2) is 36.5 Å². The largest absolute Gasteiger partial charge is 0.324 e. The van der Waals surface area contributed by atoms with Crippen LogP contribution in [-0.4, -0.2) is 4.98 Å². The zero-order chi connectivity index (χ0) is 12.8. The highest BCUT2D eigenvalue weighted by molar-refractivity contribution is 5.78. The van der Waals surface area contributed by atoms with Gasteiger partial charge >= 0.3 is 0 Å². The van der Waals surface area contributed by atoms with Crippen LogP contribution < -0.4 is 5.73 Å². The Kier molecular flexibility index (Phi) is 2.59. The number of para-hydroxylation sites is 1. The fourth-order valence-electron chi connectivity index (χ4n) is 4.07. The summed E-state index contributed by atoms with van der Waals surface area (Å²) in [5.74, 6) is 2.51. The average molecular weight is 252 g/mol. The van der Waals surface area contributed by atoms with Crippen LogP contribution in [-0.2, 0) is 0 Å². The quantitative estimate of drug-likeness (QED) is 0.885. The van der Waals surface area contributed by atoms with Gasteiger partial charge in [-0.05, 0) is 48.3 Å². The summed E-state index contributed by atoms with van der Waals surface area (Å²) in [7, 11) is 0. The molecule has 0 aliphatic heterocycles. The standard InChI is InChI=1S/C17H20N2/c18-17(16-13-6-2-3-7-14(13)16)12-9-11-5-1-4-8-15(11)19-10-12/h1,4-5,8-10,13-14,16-17H,2-3,6-7,18H2. The first-order chi connectivity index (χ1) is 9.34. The lowest BCUT2D eigenvalue weighted by Gasteiger charge is -2.12. The molecule has 2 aliphatic rings. The highest BCUT2D eigenvalue weighted by Gasteiger charge is 2.53. The zero-order valence-corrected chi connectivity index (χ0v) is 11.1. The molecule has 0 spiro atoms. The number of pyridine rings is 1. The number of nitrogens with zero attached hydrogens (tertiary/aromatic N) is 1. The predicted molar refractivity (Wildman–Crippen MR) is 77.6 cm³/mol. The molecule has 19 heavy (non-hydrogen) atoms. The molecule has 1 heterocycles. The van der Waals surface area contributed by atoms with Gasteiger partial charge in [0.1, 0.15) is 0 Å². The van der Waals surface area contributed by atoms with Crippen molar-refractivity contribution < 1.29 is 0 Å². The maximum Gasteiger partial charge on any atom is 0.0702 e. The normalized spacial score (nSPS) is 30.9. The van der Waals surface area contributed by atoms with Gasteiger partial charge in [0.15, 0.2) is 0 Å². The summed E-state index contributed by atoms with van der Waals surface area (Å²) in [6.07, 6.45) is 7.58. The molecule has 2 aliphatic carbocycles. The zero-order valence-electron chi connectivity index (χ0n) is 11.1. The molecule has 0 radical (unpaired) electrons. The summed E-state index contributed by atoms with van der Waals surface area (Å²) >= 11 is 0. The lowest BCUT2D eigenvalue weighted by atomic mass is 10.0. The maximum absolute atomic E-state index is 6.51. The summed E-state index contributed by atoms with van der Waals surface area (Å²) in [5, 5.41) is 1.21. The molecule has 2 N–H and O–H groups in total. The summed E-state index contributed by atoms with van der Waals surface area (Å²) < 4.78 is 0. The molecule has 2 fully saturated rings. The topological polar surface area (TPSA) is 38.9 Å².